The van der Waals surface area contributed by atoms with Crippen LogP contribution < -0.4 is 10.2 Å². The van der Waals surface area contributed by atoms with Crippen molar-refractivity contribution in [1.82, 2.24) is 4.90 Å². The van der Waals surface area contributed by atoms with E-state index in [-0.39, 0.29) is 11.8 Å². The first-order valence-corrected chi connectivity index (χ1v) is 11.2. The average Bonchev–Trinajstić information content (AvgIpc) is 2.86. The standard InChI is InChI=1S/C27H29N3O3/c1-20-12-13-22(18-24(20)28-26(31)21-8-4-3-5-9-21)27(32)29(2)19-23-10-6-7-11-25(23)30-14-16-33-17-15-30/h3-13,18H,14-17,19H2,1-2H3,(H,28,31). The van der Waals surface area contributed by atoms with E-state index in [1.165, 1.54) is 0 Å². The van der Waals surface area contributed by atoms with Gasteiger partial charge in [0.1, 0.15) is 0 Å². The number of anilines is 2. The molecule has 0 spiro atoms. The van der Waals surface area contributed by atoms with Crippen molar-refractivity contribution in [2.45, 2.75) is 13.5 Å². The van der Waals surface area contributed by atoms with Gasteiger partial charge in [-0.15, -0.1) is 0 Å². The SMILES string of the molecule is Cc1ccc(C(=O)N(C)Cc2ccccc2N2CCOCC2)cc1NC(=O)c1ccccc1. The number of aryl methyl sites for hydroxylation is 1. The van der Waals surface area contributed by atoms with E-state index in [0.717, 1.165) is 29.9 Å². The number of hydrogen-bond acceptors (Lipinski definition) is 4. The highest BCUT2D eigenvalue weighted by Gasteiger charge is 2.19. The molecular formula is C27H29N3O3. The number of ether oxygens (including phenoxy) is 1. The third-order valence-corrected chi connectivity index (χ3v) is 5.87. The van der Waals surface area contributed by atoms with E-state index in [4.69, 9.17) is 4.74 Å². The molecule has 3 aromatic carbocycles. The molecule has 3 aromatic rings. The summed E-state index contributed by atoms with van der Waals surface area (Å²) >= 11 is 0. The lowest BCUT2D eigenvalue weighted by atomic mass is 10.1. The molecule has 0 bridgehead atoms. The minimum atomic E-state index is -0.198. The Morgan fingerprint density at radius 1 is 0.939 bits per heavy atom. The molecule has 1 aliphatic heterocycles. The number of nitrogens with zero attached hydrogens (tertiary/aromatic N) is 2. The molecule has 1 saturated heterocycles. The normalized spacial score (nSPS) is 13.5. The molecule has 170 valence electrons. The number of amides is 2. The van der Waals surface area contributed by atoms with E-state index < -0.39 is 0 Å². The fourth-order valence-electron chi connectivity index (χ4n) is 3.98. The quantitative estimate of drug-likeness (QED) is 0.615. The Hall–Kier alpha value is -3.64. The molecule has 0 aliphatic carbocycles. The van der Waals surface area contributed by atoms with E-state index in [9.17, 15) is 9.59 Å². The summed E-state index contributed by atoms with van der Waals surface area (Å²) in [6, 6.07) is 22.7. The first-order chi connectivity index (χ1) is 16.0. The van der Waals surface area contributed by atoms with Crippen LogP contribution in [0.1, 0.15) is 31.8 Å². The highest BCUT2D eigenvalue weighted by Crippen LogP contribution is 2.24. The predicted octanol–water partition coefficient (Wildman–Crippen LogP) is 4.36. The van der Waals surface area contributed by atoms with Crippen LogP contribution in [-0.2, 0) is 11.3 Å². The number of benzene rings is 3. The summed E-state index contributed by atoms with van der Waals surface area (Å²) in [7, 11) is 1.81. The van der Waals surface area contributed by atoms with Gasteiger partial charge in [0.25, 0.3) is 11.8 Å². The molecule has 2 amide bonds. The maximum Gasteiger partial charge on any atom is 0.255 e. The number of carbonyl (C=O) groups excluding carboxylic acids is 2. The first-order valence-electron chi connectivity index (χ1n) is 11.2. The van der Waals surface area contributed by atoms with Gasteiger partial charge in [0, 0.05) is 49.2 Å². The lowest BCUT2D eigenvalue weighted by Gasteiger charge is -2.31. The second-order valence-electron chi connectivity index (χ2n) is 8.24. The Labute approximate surface area is 194 Å². The number of para-hydroxylation sites is 1. The summed E-state index contributed by atoms with van der Waals surface area (Å²) in [5, 5.41) is 2.93. The van der Waals surface area contributed by atoms with Crippen molar-refractivity contribution in [3.05, 3.63) is 95.1 Å². The van der Waals surface area contributed by atoms with Gasteiger partial charge in [-0.25, -0.2) is 0 Å². The zero-order chi connectivity index (χ0) is 23.2. The van der Waals surface area contributed by atoms with Crippen molar-refractivity contribution >= 4 is 23.2 Å². The number of nitrogens with one attached hydrogen (secondary N) is 1. The summed E-state index contributed by atoms with van der Waals surface area (Å²) < 4.78 is 5.48. The Morgan fingerprint density at radius 3 is 2.39 bits per heavy atom. The Morgan fingerprint density at radius 2 is 1.64 bits per heavy atom. The van der Waals surface area contributed by atoms with E-state index in [0.29, 0.717) is 36.6 Å². The van der Waals surface area contributed by atoms with Crippen molar-refractivity contribution in [3.63, 3.8) is 0 Å². The molecule has 6 heteroatoms. The lowest BCUT2D eigenvalue weighted by Crippen LogP contribution is -2.37. The zero-order valence-electron chi connectivity index (χ0n) is 19.1. The highest BCUT2D eigenvalue weighted by molar-refractivity contribution is 6.05. The van der Waals surface area contributed by atoms with Gasteiger partial charge in [0.2, 0.25) is 0 Å². The third kappa shape index (κ3) is 5.41. The van der Waals surface area contributed by atoms with Crippen LogP contribution in [0.15, 0.2) is 72.8 Å². The van der Waals surface area contributed by atoms with E-state index >= 15 is 0 Å². The Balaban J connectivity index is 1.49. The average molecular weight is 444 g/mol. The monoisotopic (exact) mass is 443 g/mol. The summed E-state index contributed by atoms with van der Waals surface area (Å²) in [5.41, 5.74) is 4.88. The van der Waals surface area contributed by atoms with Crippen molar-refractivity contribution < 1.29 is 14.3 Å². The van der Waals surface area contributed by atoms with Gasteiger partial charge in [0.05, 0.1) is 13.2 Å². The van der Waals surface area contributed by atoms with E-state index in [2.05, 4.69) is 22.3 Å². The molecule has 0 radical (unpaired) electrons. The van der Waals surface area contributed by atoms with Crippen LogP contribution in [0.25, 0.3) is 0 Å². The Bertz CT molecular complexity index is 1120. The molecule has 1 N–H and O–H groups in total. The van der Waals surface area contributed by atoms with Gasteiger partial charge in [-0.1, -0.05) is 42.5 Å². The maximum atomic E-state index is 13.2. The van der Waals surface area contributed by atoms with Crippen LogP contribution in [0.2, 0.25) is 0 Å². The molecule has 0 aromatic heterocycles. The largest absolute Gasteiger partial charge is 0.378 e. The molecule has 4 rings (SSSR count). The fourth-order valence-corrected chi connectivity index (χ4v) is 3.98. The third-order valence-electron chi connectivity index (χ3n) is 5.87. The number of carbonyl (C=O) groups is 2. The molecule has 33 heavy (non-hydrogen) atoms. The van der Waals surface area contributed by atoms with E-state index in [1.807, 2.05) is 43.3 Å². The van der Waals surface area contributed by atoms with Gasteiger partial charge >= 0.3 is 0 Å². The molecule has 6 nitrogen and oxygen atoms in total. The second-order valence-corrected chi connectivity index (χ2v) is 8.24. The van der Waals surface area contributed by atoms with Crippen LogP contribution in [0, 0.1) is 6.92 Å². The van der Waals surface area contributed by atoms with Gasteiger partial charge in [-0.3, -0.25) is 9.59 Å². The van der Waals surface area contributed by atoms with Crippen LogP contribution in [0.4, 0.5) is 11.4 Å². The second kappa shape index (κ2) is 10.3. The molecule has 0 atom stereocenters. The topological polar surface area (TPSA) is 61.9 Å². The van der Waals surface area contributed by atoms with E-state index in [1.54, 1.807) is 36.2 Å². The Kier molecular flexibility index (Phi) is 7.05. The smallest absolute Gasteiger partial charge is 0.255 e. The number of hydrogen-bond donors (Lipinski definition) is 1. The summed E-state index contributed by atoms with van der Waals surface area (Å²) in [6.45, 7) is 5.52. The summed E-state index contributed by atoms with van der Waals surface area (Å²) in [5.74, 6) is -0.293. The van der Waals surface area contributed by atoms with Crippen LogP contribution in [0.3, 0.4) is 0 Å². The van der Waals surface area contributed by atoms with Gasteiger partial charge in [-0.05, 0) is 48.4 Å². The summed E-state index contributed by atoms with van der Waals surface area (Å²) in [6.07, 6.45) is 0. The highest BCUT2D eigenvalue weighted by atomic mass is 16.5. The van der Waals surface area contributed by atoms with Crippen LogP contribution in [-0.4, -0.2) is 50.1 Å². The minimum Gasteiger partial charge on any atom is -0.378 e. The van der Waals surface area contributed by atoms with Gasteiger partial charge in [-0.2, -0.15) is 0 Å². The maximum absolute atomic E-state index is 13.2. The number of rotatable bonds is 6. The summed E-state index contributed by atoms with van der Waals surface area (Å²) in [4.78, 5) is 29.8. The van der Waals surface area contributed by atoms with Crippen molar-refractivity contribution in [1.29, 1.82) is 0 Å². The van der Waals surface area contributed by atoms with Crippen molar-refractivity contribution in [2.24, 2.45) is 0 Å². The predicted molar refractivity (Wildman–Crippen MR) is 131 cm³/mol. The van der Waals surface area contributed by atoms with Crippen molar-refractivity contribution in [3.8, 4) is 0 Å². The lowest BCUT2D eigenvalue weighted by molar-refractivity contribution is 0.0784. The molecule has 0 saturated carbocycles. The van der Waals surface area contributed by atoms with Crippen LogP contribution in [0.5, 0.6) is 0 Å². The molecule has 0 unspecified atom stereocenters. The first kappa shape index (κ1) is 22.6. The minimum absolute atomic E-state index is 0.0954. The van der Waals surface area contributed by atoms with Crippen molar-refractivity contribution in [2.75, 3.05) is 43.6 Å². The van der Waals surface area contributed by atoms with Crippen LogP contribution >= 0.6 is 0 Å². The zero-order valence-corrected chi connectivity index (χ0v) is 19.1. The molecule has 1 heterocycles. The molecule has 1 fully saturated rings. The molecular weight excluding hydrogens is 414 g/mol. The fraction of sp³-hybridized carbons (Fsp3) is 0.259. The molecule has 1 aliphatic rings. The van der Waals surface area contributed by atoms with Gasteiger partial charge in [0.15, 0.2) is 0 Å². The number of morpholine rings is 1. The van der Waals surface area contributed by atoms with Gasteiger partial charge < -0.3 is 19.9 Å².